The van der Waals surface area contributed by atoms with Crippen LogP contribution in [-0.2, 0) is 0 Å². The molecule has 1 aromatic carbocycles. The highest BCUT2D eigenvalue weighted by Gasteiger charge is 2.10. The summed E-state index contributed by atoms with van der Waals surface area (Å²) in [6, 6.07) is 10.3. The number of hydrogen-bond acceptors (Lipinski definition) is 6. The third-order valence-electron chi connectivity index (χ3n) is 2.86. The van der Waals surface area contributed by atoms with Crippen LogP contribution in [0, 0.1) is 0 Å². The van der Waals surface area contributed by atoms with Gasteiger partial charge in [-0.15, -0.1) is 10.2 Å². The van der Waals surface area contributed by atoms with Crippen LogP contribution in [0.15, 0.2) is 49.1 Å². The Balaban J connectivity index is 1.74. The van der Waals surface area contributed by atoms with Gasteiger partial charge in [-0.2, -0.15) is 5.10 Å². The second-order valence-corrected chi connectivity index (χ2v) is 4.30. The van der Waals surface area contributed by atoms with Gasteiger partial charge >= 0.3 is 0 Å². The number of nitrogens with zero attached hydrogens (tertiary/aromatic N) is 5. The lowest BCUT2D eigenvalue weighted by molar-refractivity contribution is 0.102. The predicted molar refractivity (Wildman–Crippen MR) is 77.9 cm³/mol. The number of carbonyl (C=O) groups is 1. The fourth-order valence-electron chi connectivity index (χ4n) is 1.79. The molecule has 0 fully saturated rings. The van der Waals surface area contributed by atoms with Crippen molar-refractivity contribution < 1.29 is 9.53 Å². The molecule has 8 nitrogen and oxygen atoms in total. The van der Waals surface area contributed by atoms with E-state index in [1.807, 2.05) is 0 Å². The van der Waals surface area contributed by atoms with Crippen molar-refractivity contribution in [3.05, 3.63) is 54.7 Å². The lowest BCUT2D eigenvalue weighted by atomic mass is 10.3. The summed E-state index contributed by atoms with van der Waals surface area (Å²) in [5, 5.41) is 14.5. The molecule has 0 bridgehead atoms. The fourth-order valence-corrected chi connectivity index (χ4v) is 1.79. The van der Waals surface area contributed by atoms with E-state index in [4.69, 9.17) is 4.74 Å². The van der Waals surface area contributed by atoms with Gasteiger partial charge in [0.25, 0.3) is 5.91 Å². The third kappa shape index (κ3) is 2.90. The number of amides is 1. The largest absolute Gasteiger partial charge is 0.497 e. The van der Waals surface area contributed by atoms with Crippen LogP contribution >= 0.6 is 0 Å². The lowest BCUT2D eigenvalue weighted by Gasteiger charge is -2.06. The Morgan fingerprint density at radius 1 is 1.23 bits per heavy atom. The van der Waals surface area contributed by atoms with Crippen molar-refractivity contribution in [1.82, 2.24) is 25.0 Å². The first kappa shape index (κ1) is 13.7. The van der Waals surface area contributed by atoms with Gasteiger partial charge < -0.3 is 10.1 Å². The van der Waals surface area contributed by atoms with Gasteiger partial charge in [-0.3, -0.25) is 4.79 Å². The second-order valence-electron chi connectivity index (χ2n) is 4.30. The molecule has 0 unspecified atom stereocenters. The third-order valence-corrected chi connectivity index (χ3v) is 2.86. The number of carbonyl (C=O) groups excluding carboxylic acids is 1. The van der Waals surface area contributed by atoms with Gasteiger partial charge in [0, 0.05) is 11.8 Å². The zero-order valence-electron chi connectivity index (χ0n) is 11.7. The van der Waals surface area contributed by atoms with Crippen molar-refractivity contribution in [1.29, 1.82) is 0 Å². The zero-order chi connectivity index (χ0) is 15.4. The van der Waals surface area contributed by atoms with Crippen LogP contribution in [0.1, 0.15) is 10.5 Å². The van der Waals surface area contributed by atoms with E-state index in [1.54, 1.807) is 43.5 Å². The summed E-state index contributed by atoms with van der Waals surface area (Å²) in [7, 11) is 1.56. The molecular weight excluding hydrogens is 284 g/mol. The molecule has 0 aliphatic rings. The minimum Gasteiger partial charge on any atom is -0.497 e. The van der Waals surface area contributed by atoms with Crippen molar-refractivity contribution >= 4 is 11.6 Å². The van der Waals surface area contributed by atoms with Crippen molar-refractivity contribution in [3.63, 3.8) is 0 Å². The van der Waals surface area contributed by atoms with Gasteiger partial charge in [0.2, 0.25) is 0 Å². The Labute approximate surface area is 125 Å². The van der Waals surface area contributed by atoms with Crippen LogP contribution in [0.5, 0.6) is 5.75 Å². The first-order valence-corrected chi connectivity index (χ1v) is 6.40. The molecule has 3 rings (SSSR count). The molecule has 0 spiro atoms. The number of aromatic nitrogens is 5. The van der Waals surface area contributed by atoms with Gasteiger partial charge in [-0.05, 0) is 24.3 Å². The first-order chi connectivity index (χ1) is 10.8. The monoisotopic (exact) mass is 296 g/mol. The molecule has 3 aromatic rings. The standard InChI is InChI=1S/C14H12N6O2/c1-22-11-4-2-3-10(7-11)17-14(21)12-5-6-13(19-18-12)20-9-15-8-16-20/h2-9H,1H3,(H,17,21). The van der Waals surface area contributed by atoms with Crippen molar-refractivity contribution in [2.75, 3.05) is 12.4 Å². The summed E-state index contributed by atoms with van der Waals surface area (Å²) in [6.07, 6.45) is 2.89. The Morgan fingerprint density at radius 2 is 2.14 bits per heavy atom. The molecule has 0 atom stereocenters. The highest BCUT2D eigenvalue weighted by atomic mass is 16.5. The first-order valence-electron chi connectivity index (χ1n) is 6.40. The van der Waals surface area contributed by atoms with Crippen LogP contribution in [0.3, 0.4) is 0 Å². The molecule has 0 saturated carbocycles. The summed E-state index contributed by atoms with van der Waals surface area (Å²) in [6.45, 7) is 0. The SMILES string of the molecule is COc1cccc(NC(=O)c2ccc(-n3cncn3)nn2)c1. The number of nitrogens with one attached hydrogen (secondary N) is 1. The fraction of sp³-hybridized carbons (Fsp3) is 0.0714. The smallest absolute Gasteiger partial charge is 0.276 e. The Bertz CT molecular complexity index is 770. The number of rotatable bonds is 4. The normalized spacial score (nSPS) is 10.2. The van der Waals surface area contributed by atoms with Crippen LogP contribution in [0.4, 0.5) is 5.69 Å². The van der Waals surface area contributed by atoms with E-state index in [1.165, 1.54) is 17.3 Å². The molecule has 0 saturated heterocycles. The van der Waals surface area contributed by atoms with E-state index in [-0.39, 0.29) is 11.6 Å². The van der Waals surface area contributed by atoms with Crippen LogP contribution in [-0.4, -0.2) is 38.0 Å². The Hall–Kier alpha value is -3.29. The van der Waals surface area contributed by atoms with E-state index >= 15 is 0 Å². The van der Waals surface area contributed by atoms with Crippen molar-refractivity contribution in [2.45, 2.75) is 0 Å². The maximum Gasteiger partial charge on any atom is 0.276 e. The van der Waals surface area contributed by atoms with Gasteiger partial charge in [0.1, 0.15) is 18.4 Å². The highest BCUT2D eigenvalue weighted by Crippen LogP contribution is 2.17. The molecule has 1 amide bonds. The van der Waals surface area contributed by atoms with Crippen LogP contribution < -0.4 is 10.1 Å². The molecule has 22 heavy (non-hydrogen) atoms. The number of benzene rings is 1. The minimum atomic E-state index is -0.356. The second kappa shape index (κ2) is 6.00. The van der Waals surface area contributed by atoms with Crippen LogP contribution in [0.25, 0.3) is 5.82 Å². The van der Waals surface area contributed by atoms with E-state index in [9.17, 15) is 4.79 Å². The van der Waals surface area contributed by atoms with Gasteiger partial charge in [0.15, 0.2) is 11.5 Å². The summed E-state index contributed by atoms with van der Waals surface area (Å²) < 4.78 is 6.56. The molecule has 2 aromatic heterocycles. The summed E-state index contributed by atoms with van der Waals surface area (Å²) >= 11 is 0. The topological polar surface area (TPSA) is 94.8 Å². The van der Waals surface area contributed by atoms with Gasteiger partial charge in [-0.1, -0.05) is 6.07 Å². The Morgan fingerprint density at radius 3 is 2.82 bits per heavy atom. The summed E-state index contributed by atoms with van der Waals surface area (Å²) in [5.74, 6) is 0.784. The average molecular weight is 296 g/mol. The Kier molecular flexibility index (Phi) is 3.73. The van der Waals surface area contributed by atoms with E-state index in [0.29, 0.717) is 17.3 Å². The molecular formula is C14H12N6O2. The number of anilines is 1. The van der Waals surface area contributed by atoms with Crippen molar-refractivity contribution in [2.24, 2.45) is 0 Å². The lowest BCUT2D eigenvalue weighted by Crippen LogP contribution is -2.15. The molecule has 0 aliphatic heterocycles. The van der Waals surface area contributed by atoms with E-state index < -0.39 is 0 Å². The van der Waals surface area contributed by atoms with Gasteiger partial charge in [-0.25, -0.2) is 9.67 Å². The molecule has 8 heteroatoms. The molecule has 0 aliphatic carbocycles. The molecule has 110 valence electrons. The molecule has 0 radical (unpaired) electrons. The number of ether oxygens (including phenoxy) is 1. The van der Waals surface area contributed by atoms with Crippen LogP contribution in [0.2, 0.25) is 0 Å². The number of methoxy groups -OCH3 is 1. The molecule has 2 heterocycles. The predicted octanol–water partition coefficient (Wildman–Crippen LogP) is 1.32. The quantitative estimate of drug-likeness (QED) is 0.780. The maximum atomic E-state index is 12.1. The molecule has 1 N–H and O–H groups in total. The summed E-state index contributed by atoms with van der Waals surface area (Å²) in [5.41, 5.74) is 0.818. The van der Waals surface area contributed by atoms with Crippen molar-refractivity contribution in [3.8, 4) is 11.6 Å². The highest BCUT2D eigenvalue weighted by molar-refractivity contribution is 6.02. The zero-order valence-corrected chi connectivity index (χ0v) is 11.7. The van der Waals surface area contributed by atoms with E-state index in [2.05, 4.69) is 25.6 Å². The summed E-state index contributed by atoms with van der Waals surface area (Å²) in [4.78, 5) is 15.9. The van der Waals surface area contributed by atoms with E-state index in [0.717, 1.165) is 0 Å². The maximum absolute atomic E-state index is 12.1. The van der Waals surface area contributed by atoms with Gasteiger partial charge in [0.05, 0.1) is 7.11 Å². The minimum absolute atomic E-state index is 0.201. The number of hydrogen-bond donors (Lipinski definition) is 1. The average Bonchev–Trinajstić information content (AvgIpc) is 3.09.